The second kappa shape index (κ2) is 5.60. The minimum Gasteiger partial charge on any atom is -0.300 e. The zero-order valence-electron chi connectivity index (χ0n) is 9.61. The first-order chi connectivity index (χ1) is 8.22. The van der Waals surface area contributed by atoms with Crippen molar-refractivity contribution in [3.8, 4) is 11.4 Å². The maximum Gasteiger partial charge on any atom is 0.195 e. The van der Waals surface area contributed by atoms with Crippen LogP contribution in [0.3, 0.4) is 0 Å². The Hall–Kier alpha value is -0.940. The first kappa shape index (κ1) is 12.5. The summed E-state index contributed by atoms with van der Waals surface area (Å²) < 4.78 is 3.81. The van der Waals surface area contributed by atoms with Gasteiger partial charge in [0.15, 0.2) is 10.6 Å². The van der Waals surface area contributed by atoms with Crippen LogP contribution in [0.5, 0.6) is 0 Å². The SMILES string of the molecule is CCCCn1c(-c2ccc(Br)cc2)n[nH]c1=S. The van der Waals surface area contributed by atoms with Crippen molar-refractivity contribution in [2.75, 3.05) is 0 Å². The van der Waals surface area contributed by atoms with Crippen LogP contribution in [0.2, 0.25) is 0 Å². The third kappa shape index (κ3) is 2.84. The van der Waals surface area contributed by atoms with Gasteiger partial charge in [0.05, 0.1) is 0 Å². The molecule has 1 heterocycles. The third-order valence-corrected chi connectivity index (χ3v) is 3.44. The molecule has 0 radical (unpaired) electrons. The molecule has 17 heavy (non-hydrogen) atoms. The average Bonchev–Trinajstić information content (AvgIpc) is 2.69. The summed E-state index contributed by atoms with van der Waals surface area (Å²) in [6.45, 7) is 3.08. The normalized spacial score (nSPS) is 10.7. The molecule has 0 amide bonds. The molecule has 0 saturated heterocycles. The Kier molecular flexibility index (Phi) is 4.12. The molecule has 0 saturated carbocycles. The molecule has 2 rings (SSSR count). The minimum atomic E-state index is 0.691. The van der Waals surface area contributed by atoms with Gasteiger partial charge in [0, 0.05) is 16.6 Å². The van der Waals surface area contributed by atoms with Crippen molar-refractivity contribution < 1.29 is 0 Å². The van der Waals surface area contributed by atoms with Crippen molar-refractivity contribution in [1.82, 2.24) is 14.8 Å². The molecule has 90 valence electrons. The molecule has 5 heteroatoms. The Bertz CT molecular complexity index is 542. The predicted octanol–water partition coefficient (Wildman–Crippen LogP) is 4.17. The highest BCUT2D eigenvalue weighted by Gasteiger charge is 2.07. The average molecular weight is 312 g/mol. The van der Waals surface area contributed by atoms with Crippen molar-refractivity contribution in [2.45, 2.75) is 26.3 Å². The largest absolute Gasteiger partial charge is 0.300 e. The van der Waals surface area contributed by atoms with Crippen LogP contribution in [0.15, 0.2) is 28.7 Å². The third-order valence-electron chi connectivity index (χ3n) is 2.60. The number of hydrogen-bond donors (Lipinski definition) is 1. The van der Waals surface area contributed by atoms with E-state index in [-0.39, 0.29) is 0 Å². The maximum absolute atomic E-state index is 5.25. The minimum absolute atomic E-state index is 0.691. The summed E-state index contributed by atoms with van der Waals surface area (Å²) in [7, 11) is 0. The molecular formula is C12H14BrN3S. The Labute approximate surface area is 114 Å². The summed E-state index contributed by atoms with van der Waals surface area (Å²) in [6, 6.07) is 8.10. The van der Waals surface area contributed by atoms with E-state index in [0.29, 0.717) is 4.77 Å². The fourth-order valence-corrected chi connectivity index (χ4v) is 2.15. The van der Waals surface area contributed by atoms with E-state index in [1.165, 1.54) is 0 Å². The number of hydrogen-bond acceptors (Lipinski definition) is 2. The molecule has 1 aromatic heterocycles. The second-order valence-corrected chi connectivity index (χ2v) is 5.17. The van der Waals surface area contributed by atoms with Gasteiger partial charge in [-0.3, -0.25) is 5.10 Å². The zero-order chi connectivity index (χ0) is 12.3. The van der Waals surface area contributed by atoms with E-state index in [4.69, 9.17) is 12.2 Å². The fraction of sp³-hybridized carbons (Fsp3) is 0.333. The fourth-order valence-electron chi connectivity index (χ4n) is 1.66. The number of aromatic nitrogens is 3. The highest BCUT2D eigenvalue weighted by atomic mass is 79.9. The lowest BCUT2D eigenvalue weighted by atomic mass is 10.2. The number of nitrogens with zero attached hydrogens (tertiary/aromatic N) is 2. The van der Waals surface area contributed by atoms with E-state index in [9.17, 15) is 0 Å². The van der Waals surface area contributed by atoms with Gasteiger partial charge in [0.1, 0.15) is 0 Å². The molecule has 0 atom stereocenters. The first-order valence-corrected chi connectivity index (χ1v) is 6.83. The van der Waals surface area contributed by atoms with Crippen LogP contribution in [0.1, 0.15) is 19.8 Å². The van der Waals surface area contributed by atoms with Crippen LogP contribution >= 0.6 is 28.1 Å². The lowest BCUT2D eigenvalue weighted by molar-refractivity contribution is 0.629. The highest BCUT2D eigenvalue weighted by Crippen LogP contribution is 2.20. The van der Waals surface area contributed by atoms with Crippen molar-refractivity contribution in [3.63, 3.8) is 0 Å². The van der Waals surface area contributed by atoms with E-state index >= 15 is 0 Å². The van der Waals surface area contributed by atoms with Gasteiger partial charge in [-0.05, 0) is 30.8 Å². The summed E-state index contributed by atoms with van der Waals surface area (Å²) in [5.41, 5.74) is 1.08. The number of rotatable bonds is 4. The van der Waals surface area contributed by atoms with Crippen molar-refractivity contribution in [3.05, 3.63) is 33.5 Å². The lowest BCUT2D eigenvalue weighted by Crippen LogP contribution is -2.00. The summed E-state index contributed by atoms with van der Waals surface area (Å²) in [5, 5.41) is 7.16. The molecule has 1 aromatic carbocycles. The molecule has 0 bridgehead atoms. The molecule has 0 aliphatic rings. The van der Waals surface area contributed by atoms with Crippen LogP contribution in [0, 0.1) is 4.77 Å². The van der Waals surface area contributed by atoms with E-state index in [0.717, 1.165) is 35.2 Å². The van der Waals surface area contributed by atoms with E-state index < -0.39 is 0 Å². The van der Waals surface area contributed by atoms with Gasteiger partial charge < -0.3 is 4.57 Å². The van der Waals surface area contributed by atoms with E-state index in [2.05, 4.69) is 37.6 Å². The Balaban J connectivity index is 2.38. The summed E-state index contributed by atoms with van der Waals surface area (Å²) in [6.07, 6.45) is 2.25. The Morgan fingerprint density at radius 2 is 2.06 bits per heavy atom. The summed E-state index contributed by atoms with van der Waals surface area (Å²) >= 11 is 8.68. The molecule has 2 aromatic rings. The number of H-pyrrole nitrogens is 1. The van der Waals surface area contributed by atoms with Gasteiger partial charge in [-0.1, -0.05) is 41.4 Å². The molecule has 0 aliphatic carbocycles. The quantitative estimate of drug-likeness (QED) is 0.860. The maximum atomic E-state index is 5.25. The van der Waals surface area contributed by atoms with Crippen LogP contribution in [-0.2, 0) is 6.54 Å². The van der Waals surface area contributed by atoms with Gasteiger partial charge in [-0.25, -0.2) is 0 Å². The molecular weight excluding hydrogens is 298 g/mol. The van der Waals surface area contributed by atoms with Crippen molar-refractivity contribution in [1.29, 1.82) is 0 Å². The van der Waals surface area contributed by atoms with Crippen LogP contribution in [-0.4, -0.2) is 14.8 Å². The summed E-state index contributed by atoms with van der Waals surface area (Å²) in [4.78, 5) is 0. The number of unbranched alkanes of at least 4 members (excludes halogenated alkanes) is 1. The van der Waals surface area contributed by atoms with Crippen molar-refractivity contribution >= 4 is 28.1 Å². The topological polar surface area (TPSA) is 33.6 Å². The Morgan fingerprint density at radius 3 is 2.71 bits per heavy atom. The number of benzene rings is 1. The van der Waals surface area contributed by atoms with Crippen LogP contribution < -0.4 is 0 Å². The van der Waals surface area contributed by atoms with Gasteiger partial charge in [-0.15, -0.1) is 0 Å². The Morgan fingerprint density at radius 1 is 1.35 bits per heavy atom. The van der Waals surface area contributed by atoms with Crippen LogP contribution in [0.4, 0.5) is 0 Å². The molecule has 1 N–H and O–H groups in total. The monoisotopic (exact) mass is 311 g/mol. The smallest absolute Gasteiger partial charge is 0.195 e. The number of halogens is 1. The molecule has 0 spiro atoms. The van der Waals surface area contributed by atoms with Crippen LogP contribution in [0.25, 0.3) is 11.4 Å². The van der Waals surface area contributed by atoms with Gasteiger partial charge in [0.2, 0.25) is 0 Å². The molecule has 0 fully saturated rings. The van der Waals surface area contributed by atoms with Gasteiger partial charge >= 0.3 is 0 Å². The standard InChI is InChI=1S/C12H14BrN3S/c1-2-3-8-16-11(14-15-12(16)17)9-4-6-10(13)7-5-9/h4-7H,2-3,8H2,1H3,(H,15,17). The lowest BCUT2D eigenvalue weighted by Gasteiger charge is -2.05. The van der Waals surface area contributed by atoms with E-state index in [1.54, 1.807) is 0 Å². The second-order valence-electron chi connectivity index (χ2n) is 3.86. The first-order valence-electron chi connectivity index (χ1n) is 5.63. The predicted molar refractivity (Wildman–Crippen MR) is 75.5 cm³/mol. The number of aromatic amines is 1. The van der Waals surface area contributed by atoms with Gasteiger partial charge in [-0.2, -0.15) is 5.10 Å². The molecule has 0 aliphatic heterocycles. The molecule has 3 nitrogen and oxygen atoms in total. The molecule has 0 unspecified atom stereocenters. The summed E-state index contributed by atoms with van der Waals surface area (Å²) in [5.74, 6) is 0.913. The number of nitrogens with one attached hydrogen (secondary N) is 1. The highest BCUT2D eigenvalue weighted by molar-refractivity contribution is 9.10. The van der Waals surface area contributed by atoms with Crippen molar-refractivity contribution in [2.24, 2.45) is 0 Å². The van der Waals surface area contributed by atoms with E-state index in [1.807, 2.05) is 24.3 Å². The van der Waals surface area contributed by atoms with Gasteiger partial charge in [0.25, 0.3) is 0 Å². The zero-order valence-corrected chi connectivity index (χ0v) is 12.0.